The number of aliphatic hydroxyl groups is 1. The van der Waals surface area contributed by atoms with Gasteiger partial charge in [0.15, 0.2) is 6.10 Å². The van der Waals surface area contributed by atoms with Crippen LogP contribution in [0, 0.1) is 0 Å². The highest BCUT2D eigenvalue weighted by molar-refractivity contribution is 5.89. The summed E-state index contributed by atoms with van der Waals surface area (Å²) >= 11 is 0. The van der Waals surface area contributed by atoms with Gasteiger partial charge in [-0.2, -0.15) is 0 Å². The van der Waals surface area contributed by atoms with Gasteiger partial charge in [0.25, 0.3) is 0 Å². The molecule has 1 aliphatic rings. The number of aliphatic hydroxyl groups excluding tert-OH is 1. The molecule has 5 atom stereocenters. The third kappa shape index (κ3) is 4.75. The van der Waals surface area contributed by atoms with Crippen molar-refractivity contribution in [3.05, 3.63) is 71.8 Å². The second-order valence-electron chi connectivity index (χ2n) is 6.78. The van der Waals surface area contributed by atoms with Gasteiger partial charge in [-0.3, -0.25) is 0 Å². The third-order valence-electron chi connectivity index (χ3n) is 4.83. The summed E-state index contributed by atoms with van der Waals surface area (Å²) < 4.78 is 17.6. The largest absolute Gasteiger partial charge is 0.453 e. The highest BCUT2D eigenvalue weighted by Gasteiger charge is 2.45. The van der Waals surface area contributed by atoms with Crippen LogP contribution < -0.4 is 0 Å². The smallest absolute Gasteiger partial charge is 0.338 e. The van der Waals surface area contributed by atoms with Crippen LogP contribution in [0.15, 0.2) is 60.7 Å². The van der Waals surface area contributed by atoms with Crippen molar-refractivity contribution in [2.24, 2.45) is 0 Å². The Morgan fingerprint density at radius 1 is 1.04 bits per heavy atom. The number of carbonyl (C=O) groups is 1. The van der Waals surface area contributed by atoms with E-state index in [-0.39, 0.29) is 12.2 Å². The average Bonchev–Trinajstić information content (AvgIpc) is 2.71. The molecule has 0 aromatic heterocycles. The summed E-state index contributed by atoms with van der Waals surface area (Å²) in [6.07, 6.45) is -2.32. The Balaban J connectivity index is 1.76. The second-order valence-corrected chi connectivity index (χ2v) is 6.78. The maximum absolute atomic E-state index is 12.5. The Kier molecular flexibility index (Phi) is 6.61. The first-order valence-corrected chi connectivity index (χ1v) is 9.35. The second kappa shape index (κ2) is 9.13. The molecule has 1 heterocycles. The van der Waals surface area contributed by atoms with E-state index in [0.717, 1.165) is 5.56 Å². The van der Waals surface area contributed by atoms with Gasteiger partial charge in [0.2, 0.25) is 0 Å². The molecule has 1 N–H and O–H groups in total. The van der Waals surface area contributed by atoms with E-state index in [1.807, 2.05) is 50.2 Å². The van der Waals surface area contributed by atoms with Crippen LogP contribution in [0.3, 0.4) is 0 Å². The van der Waals surface area contributed by atoms with Crippen molar-refractivity contribution < 1.29 is 24.1 Å². The van der Waals surface area contributed by atoms with Crippen LogP contribution in [0.5, 0.6) is 0 Å². The summed E-state index contributed by atoms with van der Waals surface area (Å²) in [6, 6.07) is 18.5. The molecule has 1 aliphatic heterocycles. The Hall–Kier alpha value is -2.21. The molecule has 0 radical (unpaired) electrons. The zero-order chi connectivity index (χ0) is 19.2. The van der Waals surface area contributed by atoms with Gasteiger partial charge in [0, 0.05) is 0 Å². The standard InChI is InChI=1S/C22H26O5/c1-3-18-19(23)21(25-14-16-10-6-4-7-11-16)20(15(2)26-18)27-22(24)17-12-8-5-9-13-17/h4-13,15,18-21,23H,3,14H2,1-2H3/t15-,18?,19-,20-,21?/m1/s1. The Morgan fingerprint density at radius 3 is 2.30 bits per heavy atom. The van der Waals surface area contributed by atoms with Crippen molar-refractivity contribution in [1.82, 2.24) is 0 Å². The summed E-state index contributed by atoms with van der Waals surface area (Å²) in [6.45, 7) is 4.12. The van der Waals surface area contributed by atoms with E-state index in [2.05, 4.69) is 0 Å². The zero-order valence-corrected chi connectivity index (χ0v) is 15.7. The van der Waals surface area contributed by atoms with Gasteiger partial charge in [-0.05, 0) is 31.0 Å². The lowest BCUT2D eigenvalue weighted by atomic mass is 9.93. The van der Waals surface area contributed by atoms with Gasteiger partial charge in [-0.15, -0.1) is 0 Å². The molecule has 3 rings (SSSR count). The molecule has 5 nitrogen and oxygen atoms in total. The van der Waals surface area contributed by atoms with E-state index in [4.69, 9.17) is 14.2 Å². The highest BCUT2D eigenvalue weighted by Crippen LogP contribution is 2.28. The first-order valence-electron chi connectivity index (χ1n) is 9.35. The van der Waals surface area contributed by atoms with Crippen molar-refractivity contribution >= 4 is 5.97 Å². The number of esters is 1. The van der Waals surface area contributed by atoms with Crippen LogP contribution in [0.4, 0.5) is 0 Å². The van der Waals surface area contributed by atoms with Crippen molar-refractivity contribution in [1.29, 1.82) is 0 Å². The number of rotatable bonds is 6. The van der Waals surface area contributed by atoms with E-state index in [9.17, 15) is 9.90 Å². The first-order chi connectivity index (χ1) is 13.1. The van der Waals surface area contributed by atoms with E-state index in [1.54, 1.807) is 24.3 Å². The number of hydrogen-bond acceptors (Lipinski definition) is 5. The lowest BCUT2D eigenvalue weighted by molar-refractivity contribution is -0.233. The van der Waals surface area contributed by atoms with E-state index in [0.29, 0.717) is 18.6 Å². The molecule has 0 saturated carbocycles. The van der Waals surface area contributed by atoms with Crippen LogP contribution in [-0.2, 0) is 20.8 Å². The third-order valence-corrected chi connectivity index (χ3v) is 4.83. The molecule has 2 unspecified atom stereocenters. The van der Waals surface area contributed by atoms with Gasteiger partial charge < -0.3 is 19.3 Å². The number of carbonyl (C=O) groups excluding carboxylic acids is 1. The number of hydrogen-bond donors (Lipinski definition) is 1. The van der Waals surface area contributed by atoms with Crippen molar-refractivity contribution in [2.75, 3.05) is 0 Å². The van der Waals surface area contributed by atoms with Gasteiger partial charge >= 0.3 is 5.97 Å². The molecule has 2 aromatic carbocycles. The summed E-state index contributed by atoms with van der Waals surface area (Å²) in [5, 5.41) is 10.7. The summed E-state index contributed by atoms with van der Waals surface area (Å²) in [5.74, 6) is -0.452. The fraction of sp³-hybridized carbons (Fsp3) is 0.409. The zero-order valence-electron chi connectivity index (χ0n) is 15.7. The topological polar surface area (TPSA) is 65.0 Å². The van der Waals surface area contributed by atoms with Crippen LogP contribution in [0.25, 0.3) is 0 Å². The minimum atomic E-state index is -0.872. The van der Waals surface area contributed by atoms with Crippen LogP contribution in [0.2, 0.25) is 0 Å². The molecule has 2 aromatic rings. The Bertz CT molecular complexity index is 718. The maximum Gasteiger partial charge on any atom is 0.338 e. The Labute approximate surface area is 159 Å². The summed E-state index contributed by atoms with van der Waals surface area (Å²) in [7, 11) is 0. The van der Waals surface area contributed by atoms with Crippen molar-refractivity contribution in [3.63, 3.8) is 0 Å². The molecule has 1 fully saturated rings. The molecule has 5 heteroatoms. The molecule has 0 bridgehead atoms. The Morgan fingerprint density at radius 2 is 1.67 bits per heavy atom. The van der Waals surface area contributed by atoms with Crippen molar-refractivity contribution in [3.8, 4) is 0 Å². The van der Waals surface area contributed by atoms with Gasteiger partial charge in [-0.25, -0.2) is 4.79 Å². The van der Waals surface area contributed by atoms with Crippen molar-refractivity contribution in [2.45, 2.75) is 57.4 Å². The first kappa shape index (κ1) is 19.5. The molecular formula is C22H26O5. The van der Waals surface area contributed by atoms with E-state index >= 15 is 0 Å². The van der Waals surface area contributed by atoms with E-state index in [1.165, 1.54) is 0 Å². The minimum Gasteiger partial charge on any atom is -0.453 e. The fourth-order valence-electron chi connectivity index (χ4n) is 3.33. The molecule has 0 aliphatic carbocycles. The summed E-state index contributed by atoms with van der Waals surface area (Å²) in [5.41, 5.74) is 1.45. The minimum absolute atomic E-state index is 0.325. The van der Waals surface area contributed by atoms with Gasteiger partial charge in [-0.1, -0.05) is 55.5 Å². The normalized spacial score (nSPS) is 27.9. The molecule has 0 amide bonds. The lowest BCUT2D eigenvalue weighted by Crippen LogP contribution is -2.58. The van der Waals surface area contributed by atoms with Crippen LogP contribution >= 0.6 is 0 Å². The summed E-state index contributed by atoms with van der Waals surface area (Å²) in [4.78, 5) is 12.5. The molecule has 1 saturated heterocycles. The van der Waals surface area contributed by atoms with Crippen LogP contribution in [0.1, 0.15) is 36.2 Å². The number of benzene rings is 2. The number of ether oxygens (including phenoxy) is 3. The maximum atomic E-state index is 12.5. The predicted octanol–water partition coefficient (Wildman–Crippen LogP) is 3.36. The van der Waals surface area contributed by atoms with E-state index < -0.39 is 24.3 Å². The SMILES string of the molecule is CCC1O[C@H](C)[C@@H](OC(=O)c2ccccc2)C(OCc2ccccc2)[C@@H]1O. The lowest BCUT2D eigenvalue weighted by Gasteiger charge is -2.43. The molecule has 144 valence electrons. The average molecular weight is 370 g/mol. The monoisotopic (exact) mass is 370 g/mol. The highest BCUT2D eigenvalue weighted by atomic mass is 16.6. The van der Waals surface area contributed by atoms with Gasteiger partial charge in [0.05, 0.1) is 24.4 Å². The molecular weight excluding hydrogens is 344 g/mol. The predicted molar refractivity (Wildman–Crippen MR) is 101 cm³/mol. The quantitative estimate of drug-likeness (QED) is 0.790. The van der Waals surface area contributed by atoms with Crippen LogP contribution in [-0.4, -0.2) is 41.6 Å². The van der Waals surface area contributed by atoms with Gasteiger partial charge in [0.1, 0.15) is 12.2 Å². The molecule has 0 spiro atoms. The fourth-order valence-corrected chi connectivity index (χ4v) is 3.33. The molecule has 27 heavy (non-hydrogen) atoms.